The molecule has 4 aromatic heterocycles. The highest BCUT2D eigenvalue weighted by Gasteiger charge is 2.18. The molecule has 0 aliphatic carbocycles. The Kier molecular flexibility index (Phi) is 4.96. The second kappa shape index (κ2) is 8.15. The second-order valence-corrected chi connectivity index (χ2v) is 8.83. The van der Waals surface area contributed by atoms with Gasteiger partial charge in [0.1, 0.15) is 0 Å². The van der Waals surface area contributed by atoms with E-state index in [4.69, 9.17) is 16.7 Å². The van der Waals surface area contributed by atoms with Gasteiger partial charge < -0.3 is 9.55 Å². The summed E-state index contributed by atoms with van der Waals surface area (Å²) in [5.41, 5.74) is 6.66. The lowest BCUT2D eigenvalue weighted by molar-refractivity contribution is 0.676. The molecule has 1 N–H and O–H groups in total. The van der Waals surface area contributed by atoms with Crippen LogP contribution < -0.4 is 5.56 Å². The molecule has 168 valence electrons. The predicted octanol–water partition coefficient (Wildman–Crippen LogP) is 5.65. The first-order valence-corrected chi connectivity index (χ1v) is 11.7. The highest BCUT2D eigenvalue weighted by Crippen LogP contribution is 2.30. The van der Waals surface area contributed by atoms with Crippen LogP contribution in [0, 0.1) is 0 Å². The molecule has 6 aromatic rings. The Morgan fingerprint density at radius 1 is 1.03 bits per heavy atom. The Hall–Kier alpha value is -3.90. The Morgan fingerprint density at radius 2 is 1.85 bits per heavy atom. The maximum absolute atomic E-state index is 13.3. The smallest absolute Gasteiger partial charge is 0.261 e. The van der Waals surface area contributed by atoms with Gasteiger partial charge in [-0.05, 0) is 48.2 Å². The quantitative estimate of drug-likeness (QED) is 0.356. The summed E-state index contributed by atoms with van der Waals surface area (Å²) in [6.07, 6.45) is 7.07. The summed E-state index contributed by atoms with van der Waals surface area (Å²) in [6, 6.07) is 17.9. The standard InChI is InChI=1S/C27H22ClN5O/c1-2-22-25(17-7-9-19(28)10-8-17)26-30-16-21-24(33(26)31-22)12-14-32(27(21)34)13-11-18-15-29-23-6-4-3-5-20(18)23/h3-10,12,14-16,29H,2,11,13H2,1H3. The third-order valence-electron chi connectivity index (χ3n) is 6.42. The van der Waals surface area contributed by atoms with Gasteiger partial charge in [0, 0.05) is 46.6 Å². The molecule has 6 rings (SSSR count). The first-order chi connectivity index (χ1) is 16.6. The number of aromatic nitrogens is 5. The average molecular weight is 468 g/mol. The topological polar surface area (TPSA) is 68.0 Å². The molecule has 0 bridgehead atoms. The van der Waals surface area contributed by atoms with Crippen molar-refractivity contribution in [2.45, 2.75) is 26.3 Å². The minimum atomic E-state index is -0.0617. The van der Waals surface area contributed by atoms with Crippen molar-refractivity contribution in [2.75, 3.05) is 0 Å². The molecule has 0 aliphatic rings. The summed E-state index contributed by atoms with van der Waals surface area (Å²) >= 11 is 6.09. The van der Waals surface area contributed by atoms with Gasteiger partial charge in [0.05, 0.1) is 16.6 Å². The van der Waals surface area contributed by atoms with Gasteiger partial charge in [-0.25, -0.2) is 9.50 Å². The average Bonchev–Trinajstić information content (AvgIpc) is 3.45. The summed E-state index contributed by atoms with van der Waals surface area (Å²) in [6.45, 7) is 2.66. The number of fused-ring (bicyclic) bond motifs is 4. The van der Waals surface area contributed by atoms with Crippen LogP contribution in [0.15, 0.2) is 78.0 Å². The van der Waals surface area contributed by atoms with E-state index in [9.17, 15) is 4.79 Å². The largest absolute Gasteiger partial charge is 0.361 e. The maximum Gasteiger partial charge on any atom is 0.261 e. The SMILES string of the molecule is CCc1nn2c(ncc3c(=O)n(CCc4c[nH]c5ccccc45)ccc32)c1-c1ccc(Cl)cc1. The number of hydrogen-bond donors (Lipinski definition) is 1. The zero-order valence-electron chi connectivity index (χ0n) is 18.6. The number of nitrogens with zero attached hydrogens (tertiary/aromatic N) is 4. The molecule has 0 unspecified atom stereocenters. The molecular weight excluding hydrogens is 446 g/mol. The highest BCUT2D eigenvalue weighted by atomic mass is 35.5. The van der Waals surface area contributed by atoms with Gasteiger partial charge in [-0.15, -0.1) is 0 Å². The molecule has 7 heteroatoms. The van der Waals surface area contributed by atoms with Crippen LogP contribution in [0.2, 0.25) is 5.02 Å². The maximum atomic E-state index is 13.3. The van der Waals surface area contributed by atoms with Crippen LogP contribution in [0.4, 0.5) is 0 Å². The molecule has 2 aromatic carbocycles. The van der Waals surface area contributed by atoms with E-state index in [1.165, 1.54) is 10.9 Å². The van der Waals surface area contributed by atoms with Gasteiger partial charge in [0.2, 0.25) is 0 Å². The van der Waals surface area contributed by atoms with E-state index in [0.717, 1.165) is 46.3 Å². The summed E-state index contributed by atoms with van der Waals surface area (Å²) in [7, 11) is 0. The third kappa shape index (κ3) is 3.30. The van der Waals surface area contributed by atoms with E-state index in [2.05, 4.69) is 29.0 Å². The van der Waals surface area contributed by atoms with Crippen LogP contribution in [0.5, 0.6) is 0 Å². The predicted molar refractivity (Wildman–Crippen MR) is 137 cm³/mol. The van der Waals surface area contributed by atoms with E-state index in [1.54, 1.807) is 15.3 Å². The zero-order valence-corrected chi connectivity index (χ0v) is 19.4. The number of aromatic amines is 1. The molecule has 0 saturated heterocycles. The number of pyridine rings is 1. The fourth-order valence-electron chi connectivity index (χ4n) is 4.67. The fourth-order valence-corrected chi connectivity index (χ4v) is 4.80. The fraction of sp³-hybridized carbons (Fsp3) is 0.148. The summed E-state index contributed by atoms with van der Waals surface area (Å²) in [5, 5.41) is 7.25. The minimum Gasteiger partial charge on any atom is -0.361 e. The molecular formula is C27H22ClN5O. The van der Waals surface area contributed by atoms with E-state index >= 15 is 0 Å². The number of H-pyrrole nitrogens is 1. The minimum absolute atomic E-state index is 0.0617. The van der Waals surface area contributed by atoms with Crippen LogP contribution in [0.25, 0.3) is 38.6 Å². The van der Waals surface area contributed by atoms with Crippen molar-refractivity contribution in [2.24, 2.45) is 0 Å². The van der Waals surface area contributed by atoms with Gasteiger partial charge >= 0.3 is 0 Å². The molecule has 6 nitrogen and oxygen atoms in total. The number of rotatable bonds is 5. The van der Waals surface area contributed by atoms with Crippen molar-refractivity contribution in [1.29, 1.82) is 0 Å². The van der Waals surface area contributed by atoms with Gasteiger partial charge in [-0.1, -0.05) is 48.9 Å². The summed E-state index contributed by atoms with van der Waals surface area (Å²) in [4.78, 5) is 21.3. The van der Waals surface area contributed by atoms with Crippen molar-refractivity contribution in [1.82, 2.24) is 24.1 Å². The van der Waals surface area contributed by atoms with Crippen molar-refractivity contribution >= 4 is 39.1 Å². The zero-order chi connectivity index (χ0) is 23.2. The Balaban J connectivity index is 1.42. The third-order valence-corrected chi connectivity index (χ3v) is 6.67. The highest BCUT2D eigenvalue weighted by molar-refractivity contribution is 6.30. The van der Waals surface area contributed by atoms with Gasteiger partial charge in [0.15, 0.2) is 5.65 Å². The van der Waals surface area contributed by atoms with Crippen LogP contribution in [0.1, 0.15) is 18.2 Å². The summed E-state index contributed by atoms with van der Waals surface area (Å²) < 4.78 is 3.55. The van der Waals surface area contributed by atoms with Crippen molar-refractivity contribution < 1.29 is 0 Å². The molecule has 0 aliphatic heterocycles. The van der Waals surface area contributed by atoms with E-state index in [1.807, 2.05) is 54.9 Å². The number of nitrogens with one attached hydrogen (secondary N) is 1. The normalized spacial score (nSPS) is 11.7. The van der Waals surface area contributed by atoms with E-state index in [-0.39, 0.29) is 5.56 Å². The number of aryl methyl sites for hydroxylation is 3. The van der Waals surface area contributed by atoms with Crippen molar-refractivity contribution in [3.05, 3.63) is 99.8 Å². The number of halogens is 1. The van der Waals surface area contributed by atoms with E-state index in [0.29, 0.717) is 17.0 Å². The number of para-hydroxylation sites is 1. The molecule has 0 saturated carbocycles. The van der Waals surface area contributed by atoms with Gasteiger partial charge in [-0.2, -0.15) is 5.10 Å². The molecule has 0 fully saturated rings. The van der Waals surface area contributed by atoms with Gasteiger partial charge in [0.25, 0.3) is 5.56 Å². The lowest BCUT2D eigenvalue weighted by Gasteiger charge is -2.08. The molecule has 0 radical (unpaired) electrons. The Bertz CT molecular complexity index is 1730. The molecule has 0 atom stereocenters. The second-order valence-electron chi connectivity index (χ2n) is 8.40. The first kappa shape index (κ1) is 20.7. The van der Waals surface area contributed by atoms with Gasteiger partial charge in [-0.3, -0.25) is 4.79 Å². The van der Waals surface area contributed by atoms with Crippen molar-refractivity contribution in [3.8, 4) is 11.1 Å². The van der Waals surface area contributed by atoms with Crippen LogP contribution >= 0.6 is 11.6 Å². The Labute approximate surface area is 200 Å². The molecule has 34 heavy (non-hydrogen) atoms. The van der Waals surface area contributed by atoms with Crippen LogP contribution in [-0.4, -0.2) is 24.1 Å². The van der Waals surface area contributed by atoms with Crippen LogP contribution in [-0.2, 0) is 19.4 Å². The molecule has 0 spiro atoms. The first-order valence-electron chi connectivity index (χ1n) is 11.3. The Morgan fingerprint density at radius 3 is 2.68 bits per heavy atom. The lowest BCUT2D eigenvalue weighted by atomic mass is 10.0. The lowest BCUT2D eigenvalue weighted by Crippen LogP contribution is -2.21. The van der Waals surface area contributed by atoms with E-state index < -0.39 is 0 Å². The monoisotopic (exact) mass is 467 g/mol. The van der Waals surface area contributed by atoms with Crippen molar-refractivity contribution in [3.63, 3.8) is 0 Å². The molecule has 0 amide bonds. The number of benzene rings is 2. The number of hydrogen-bond acceptors (Lipinski definition) is 3. The summed E-state index contributed by atoms with van der Waals surface area (Å²) in [5.74, 6) is 0. The molecule has 4 heterocycles. The van der Waals surface area contributed by atoms with Crippen LogP contribution in [0.3, 0.4) is 0 Å².